The summed E-state index contributed by atoms with van der Waals surface area (Å²) >= 11 is 1.04. The molecule has 0 radical (unpaired) electrons. The molecule has 0 N–H and O–H groups in total. The van der Waals surface area contributed by atoms with Crippen LogP contribution in [0.15, 0.2) is 29.2 Å². The molecule has 1 fully saturated rings. The zero-order valence-corrected chi connectivity index (χ0v) is 15.0. The minimum atomic E-state index is -3.77. The van der Waals surface area contributed by atoms with E-state index in [1.807, 2.05) is 6.07 Å². The number of benzene rings is 1. The van der Waals surface area contributed by atoms with Gasteiger partial charge < -0.3 is 4.90 Å². The Hall–Kier alpha value is -2.35. The third-order valence-electron chi connectivity index (χ3n) is 4.00. The van der Waals surface area contributed by atoms with Gasteiger partial charge in [-0.3, -0.25) is 4.79 Å². The molecule has 130 valence electrons. The normalized spacial score (nSPS) is 15.8. The minimum Gasteiger partial charge on any atom is -0.335 e. The highest BCUT2D eigenvalue weighted by atomic mass is 32.2. The summed E-state index contributed by atoms with van der Waals surface area (Å²) in [6.07, 6.45) is 0. The Morgan fingerprint density at radius 1 is 1.24 bits per heavy atom. The number of nitriles is 1. The van der Waals surface area contributed by atoms with E-state index in [-0.39, 0.29) is 42.5 Å². The topological polar surface area (TPSA) is 107 Å². The summed E-state index contributed by atoms with van der Waals surface area (Å²) in [6.45, 7) is 2.64. The first-order valence-corrected chi connectivity index (χ1v) is 9.74. The van der Waals surface area contributed by atoms with Gasteiger partial charge in [-0.1, -0.05) is 16.6 Å². The van der Waals surface area contributed by atoms with Crippen LogP contribution in [0.1, 0.15) is 20.9 Å². The van der Waals surface area contributed by atoms with Crippen molar-refractivity contribution in [3.8, 4) is 6.07 Å². The third-order valence-corrected chi connectivity index (χ3v) is 6.77. The fourth-order valence-corrected chi connectivity index (χ4v) is 4.82. The number of amides is 1. The first-order chi connectivity index (χ1) is 11.9. The van der Waals surface area contributed by atoms with Gasteiger partial charge in [-0.2, -0.15) is 9.57 Å². The zero-order chi connectivity index (χ0) is 18.0. The van der Waals surface area contributed by atoms with Crippen molar-refractivity contribution in [3.05, 3.63) is 40.4 Å². The van der Waals surface area contributed by atoms with Gasteiger partial charge in [-0.05, 0) is 30.6 Å². The molecule has 1 aromatic heterocycles. The average Bonchev–Trinajstić information content (AvgIpc) is 3.07. The molecule has 0 aliphatic carbocycles. The van der Waals surface area contributed by atoms with Crippen LogP contribution in [0, 0.1) is 18.3 Å². The van der Waals surface area contributed by atoms with Gasteiger partial charge in [0, 0.05) is 26.2 Å². The molecule has 0 spiro atoms. The van der Waals surface area contributed by atoms with Gasteiger partial charge in [0.15, 0.2) is 0 Å². The number of aryl methyl sites for hydroxylation is 1. The van der Waals surface area contributed by atoms with E-state index in [1.165, 1.54) is 16.4 Å². The van der Waals surface area contributed by atoms with E-state index in [2.05, 4.69) is 9.59 Å². The van der Waals surface area contributed by atoms with Crippen molar-refractivity contribution < 1.29 is 13.2 Å². The Labute approximate surface area is 149 Å². The van der Waals surface area contributed by atoms with Gasteiger partial charge in [-0.15, -0.1) is 5.10 Å². The maximum Gasteiger partial charge on any atom is 0.267 e. The molecule has 1 aliphatic heterocycles. The minimum absolute atomic E-state index is 0.000206. The van der Waals surface area contributed by atoms with Crippen LogP contribution in [0.25, 0.3) is 0 Å². The second-order valence-corrected chi connectivity index (χ2v) is 8.15. The smallest absolute Gasteiger partial charge is 0.267 e. The highest BCUT2D eigenvalue weighted by Crippen LogP contribution is 2.22. The number of rotatable bonds is 3. The van der Waals surface area contributed by atoms with Crippen molar-refractivity contribution >= 4 is 27.5 Å². The average molecular weight is 377 g/mol. The Morgan fingerprint density at radius 3 is 2.52 bits per heavy atom. The van der Waals surface area contributed by atoms with Crippen molar-refractivity contribution in [3.63, 3.8) is 0 Å². The first kappa shape index (κ1) is 17.5. The van der Waals surface area contributed by atoms with Crippen LogP contribution >= 0.6 is 11.5 Å². The second-order valence-electron chi connectivity index (χ2n) is 5.49. The monoisotopic (exact) mass is 377 g/mol. The first-order valence-electron chi connectivity index (χ1n) is 7.52. The number of aromatic nitrogens is 2. The van der Waals surface area contributed by atoms with E-state index in [0.29, 0.717) is 10.6 Å². The van der Waals surface area contributed by atoms with Crippen molar-refractivity contribution in [1.29, 1.82) is 5.26 Å². The van der Waals surface area contributed by atoms with E-state index >= 15 is 0 Å². The summed E-state index contributed by atoms with van der Waals surface area (Å²) in [5.41, 5.74) is 0.695. The van der Waals surface area contributed by atoms with Crippen LogP contribution in [0.4, 0.5) is 0 Å². The van der Waals surface area contributed by atoms with Crippen molar-refractivity contribution in [2.45, 2.75) is 11.8 Å². The molecule has 0 unspecified atom stereocenters. The van der Waals surface area contributed by atoms with E-state index in [4.69, 9.17) is 5.26 Å². The van der Waals surface area contributed by atoms with Gasteiger partial charge in [0.25, 0.3) is 5.91 Å². The van der Waals surface area contributed by atoms with Crippen LogP contribution in [0.5, 0.6) is 0 Å². The van der Waals surface area contributed by atoms with Gasteiger partial charge >= 0.3 is 0 Å². The van der Waals surface area contributed by atoms with E-state index in [9.17, 15) is 13.2 Å². The number of piperazine rings is 1. The molecular weight excluding hydrogens is 362 g/mol. The number of nitrogens with zero attached hydrogens (tertiary/aromatic N) is 5. The lowest BCUT2D eigenvalue weighted by atomic mass is 10.2. The summed E-state index contributed by atoms with van der Waals surface area (Å²) in [5, 5.41) is 13.0. The maximum absolute atomic E-state index is 12.8. The lowest BCUT2D eigenvalue weighted by Crippen LogP contribution is -2.50. The summed E-state index contributed by atoms with van der Waals surface area (Å²) < 4.78 is 30.6. The molecule has 2 aromatic rings. The third kappa shape index (κ3) is 3.26. The van der Waals surface area contributed by atoms with E-state index in [0.717, 1.165) is 11.5 Å². The molecular formula is C15H15N5O3S2. The molecule has 25 heavy (non-hydrogen) atoms. The fourth-order valence-electron chi connectivity index (χ4n) is 2.63. The molecule has 8 nitrogen and oxygen atoms in total. The van der Waals surface area contributed by atoms with Crippen LogP contribution < -0.4 is 0 Å². The Morgan fingerprint density at radius 2 is 1.92 bits per heavy atom. The van der Waals surface area contributed by atoms with Crippen LogP contribution in [0.3, 0.4) is 0 Å². The van der Waals surface area contributed by atoms with Crippen LogP contribution in [-0.4, -0.2) is 59.3 Å². The quantitative estimate of drug-likeness (QED) is 0.785. The molecule has 2 heterocycles. The second kappa shape index (κ2) is 6.87. The SMILES string of the molecule is Cc1nnsc1C(=O)N1CCN(S(=O)(=O)c2ccccc2C#N)CC1. The van der Waals surface area contributed by atoms with Gasteiger partial charge in [0.05, 0.1) is 16.2 Å². The molecule has 3 rings (SSSR count). The molecule has 1 aromatic carbocycles. The number of hydrogen-bond acceptors (Lipinski definition) is 7. The van der Waals surface area contributed by atoms with E-state index < -0.39 is 10.0 Å². The van der Waals surface area contributed by atoms with Crippen LogP contribution in [-0.2, 0) is 10.0 Å². The van der Waals surface area contributed by atoms with Crippen molar-refractivity contribution in [2.75, 3.05) is 26.2 Å². The Kier molecular flexibility index (Phi) is 4.80. The number of hydrogen-bond donors (Lipinski definition) is 0. The van der Waals surface area contributed by atoms with E-state index in [1.54, 1.807) is 24.0 Å². The van der Waals surface area contributed by atoms with Gasteiger partial charge in [0.2, 0.25) is 10.0 Å². The standard InChI is InChI=1S/C15H15N5O3S2/c1-11-14(24-18-17-11)15(21)19-6-8-20(9-7-19)25(22,23)13-5-3-2-4-12(13)10-16/h2-5H,6-9H2,1H3. The van der Waals surface area contributed by atoms with Crippen LogP contribution in [0.2, 0.25) is 0 Å². The number of carbonyl (C=O) groups is 1. The zero-order valence-electron chi connectivity index (χ0n) is 13.4. The Bertz CT molecular complexity index is 940. The number of carbonyl (C=O) groups excluding carboxylic acids is 1. The summed E-state index contributed by atoms with van der Waals surface area (Å²) in [7, 11) is -3.77. The summed E-state index contributed by atoms with van der Waals surface area (Å²) in [4.78, 5) is 14.5. The molecule has 0 atom stereocenters. The Balaban J connectivity index is 1.75. The molecule has 0 bridgehead atoms. The lowest BCUT2D eigenvalue weighted by molar-refractivity contribution is 0.0702. The van der Waals surface area contributed by atoms with Gasteiger partial charge in [0.1, 0.15) is 10.9 Å². The largest absolute Gasteiger partial charge is 0.335 e. The highest BCUT2D eigenvalue weighted by molar-refractivity contribution is 7.89. The molecule has 0 saturated carbocycles. The fraction of sp³-hybridized carbons (Fsp3) is 0.333. The summed E-state index contributed by atoms with van der Waals surface area (Å²) in [6, 6.07) is 8.03. The lowest BCUT2D eigenvalue weighted by Gasteiger charge is -2.33. The molecule has 1 saturated heterocycles. The maximum atomic E-state index is 12.8. The summed E-state index contributed by atoms with van der Waals surface area (Å²) in [5.74, 6) is -0.179. The highest BCUT2D eigenvalue weighted by Gasteiger charge is 2.32. The molecule has 1 amide bonds. The van der Waals surface area contributed by atoms with Crippen molar-refractivity contribution in [2.24, 2.45) is 0 Å². The predicted molar refractivity (Wildman–Crippen MR) is 90.5 cm³/mol. The predicted octanol–water partition coefficient (Wildman–Crippen LogP) is 0.865. The molecule has 10 heteroatoms. The number of sulfonamides is 1. The molecule has 1 aliphatic rings. The van der Waals surface area contributed by atoms with Crippen molar-refractivity contribution in [1.82, 2.24) is 18.8 Å². The van der Waals surface area contributed by atoms with Gasteiger partial charge in [-0.25, -0.2) is 8.42 Å².